The fourth-order valence-corrected chi connectivity index (χ4v) is 0. The second kappa shape index (κ2) is 37.8. The summed E-state index contributed by atoms with van der Waals surface area (Å²) < 4.78 is 8.39. The summed E-state index contributed by atoms with van der Waals surface area (Å²) in [6.07, 6.45) is 0. The maximum absolute atomic E-state index is 8.39. The summed E-state index contributed by atoms with van der Waals surface area (Å²) >= 11 is 0.0556. The predicted molar refractivity (Wildman–Crippen MR) is 27.7 cm³/mol. The van der Waals surface area contributed by atoms with E-state index in [1.165, 1.54) is 0 Å². The van der Waals surface area contributed by atoms with Gasteiger partial charge in [-0.3, -0.25) is 0 Å². The van der Waals surface area contributed by atoms with Crippen molar-refractivity contribution in [2.45, 2.75) is 0 Å². The van der Waals surface area contributed by atoms with E-state index in [2.05, 4.69) is 0 Å². The first-order valence-electron chi connectivity index (χ1n) is 0.204. The van der Waals surface area contributed by atoms with E-state index in [1.54, 1.807) is 0 Å². The molecule has 0 atom stereocenters. The second-order valence-electron chi connectivity index (χ2n) is 0. The van der Waals surface area contributed by atoms with Crippen molar-refractivity contribution in [3.05, 3.63) is 0 Å². The molecule has 6 heavy (non-hydrogen) atoms. The molecule has 0 aromatic rings. The van der Waals surface area contributed by atoms with E-state index in [1.807, 2.05) is 0 Å². The van der Waals surface area contributed by atoms with Gasteiger partial charge in [0, 0.05) is 46.8 Å². The minimum Gasteiger partial charge on any atom is 0 e. The first-order chi connectivity index (χ1) is 1.00. The van der Waals surface area contributed by atoms with Crippen LogP contribution in [-0.4, -0.2) is 69.2 Å². The quantitative estimate of drug-likeness (QED) is 0.271. The number of rotatable bonds is 0. The Hall–Kier alpha value is 3.68. The number of hydrogen-bond acceptors (Lipinski definition) is 1. The van der Waals surface area contributed by atoms with E-state index >= 15 is 0 Å². The summed E-state index contributed by atoms with van der Waals surface area (Å²) in [6, 6.07) is 0. The molecule has 0 unspecified atom stereocenters. The maximum atomic E-state index is 8.39. The monoisotopic (exact) mass is 598 g/mol. The molecular formula is H7CdGeInOPbZn. The molecule has 2 radical (unpaired) electrons. The topological polar surface area (TPSA) is 17.1 Å². The van der Waals surface area contributed by atoms with Crippen molar-refractivity contribution in [2.75, 3.05) is 0 Å². The molecule has 0 aliphatic heterocycles. The third kappa shape index (κ3) is 25.3. The standard InChI is InChI=1S/Cd.GeH4.In.O.Pb.Zn.3H/h;1H4;;;;;;;. The van der Waals surface area contributed by atoms with Gasteiger partial charge >= 0.3 is 71.9 Å². The van der Waals surface area contributed by atoms with Crippen LogP contribution in [0.2, 0.25) is 0 Å². The van der Waals surface area contributed by atoms with Crippen LogP contribution in [0.4, 0.5) is 0 Å². The molecule has 0 heterocycles. The molecule has 0 saturated heterocycles. The van der Waals surface area contributed by atoms with E-state index in [0.717, 1.165) is 0 Å². The van der Waals surface area contributed by atoms with Gasteiger partial charge in [0.15, 0.2) is 0 Å². The SMILES string of the molecule is [Cd].[GeH4].[InH3].[O]=[Pb].[Zn]. The fourth-order valence-electron chi connectivity index (χ4n) is 0. The molecule has 0 aliphatic rings. The molecule has 0 fully saturated rings. The first-order valence-corrected chi connectivity index (χ1v) is 1.79. The Morgan fingerprint density at radius 2 is 1.17 bits per heavy atom. The zero-order valence-corrected chi connectivity index (χ0v) is 13.2. The van der Waals surface area contributed by atoms with Crippen molar-refractivity contribution in [1.82, 2.24) is 0 Å². The van der Waals surface area contributed by atoms with Crippen LogP contribution in [0.1, 0.15) is 0 Å². The van der Waals surface area contributed by atoms with Crippen LogP contribution in [0, 0.1) is 0 Å². The summed E-state index contributed by atoms with van der Waals surface area (Å²) in [4.78, 5) is 0. The Bertz CT molecular complexity index is 15.5. The predicted octanol–water partition coefficient (Wildman–Crippen LogP) is -3.14. The normalized spacial score (nSPS) is 0.667. The van der Waals surface area contributed by atoms with E-state index < -0.39 is 0 Å². The van der Waals surface area contributed by atoms with E-state index in [9.17, 15) is 0 Å². The zero-order valence-electron chi connectivity index (χ0n) is 2.32. The zero-order chi connectivity index (χ0) is 2.00. The van der Waals surface area contributed by atoms with Crippen LogP contribution in [0.15, 0.2) is 0 Å². The van der Waals surface area contributed by atoms with E-state index in [-0.39, 0.29) is 116 Å². The average molecular weight is 595 g/mol. The van der Waals surface area contributed by atoms with Crippen LogP contribution in [0.5, 0.6) is 0 Å². The molecule has 0 aliphatic carbocycles. The number of hydrogen-bond donors (Lipinski definition) is 0. The van der Waals surface area contributed by atoms with Crippen LogP contribution in [0.25, 0.3) is 0 Å². The summed E-state index contributed by atoms with van der Waals surface area (Å²) in [5, 5.41) is 0. The van der Waals surface area contributed by atoms with Gasteiger partial charge in [0.25, 0.3) is 0 Å². The van der Waals surface area contributed by atoms with Gasteiger partial charge < -0.3 is 0 Å². The molecule has 0 aromatic carbocycles. The molecule has 1 nitrogen and oxygen atoms in total. The molecule has 28 valence electrons. The largest absolute Gasteiger partial charge is 0 e. The first kappa shape index (κ1) is 33.3. The van der Waals surface area contributed by atoms with E-state index in [4.69, 9.17) is 2.69 Å². The molecular weight excluding hydrogens is 588 g/mol. The molecule has 0 saturated carbocycles. The molecule has 0 amide bonds. The van der Waals surface area contributed by atoms with Crippen LogP contribution >= 0.6 is 0 Å². The van der Waals surface area contributed by atoms with Gasteiger partial charge in [0.1, 0.15) is 0 Å². The van der Waals surface area contributed by atoms with Gasteiger partial charge in [-0.25, -0.2) is 0 Å². The van der Waals surface area contributed by atoms with Gasteiger partial charge in [-0.2, -0.15) is 0 Å². The molecule has 0 aromatic heterocycles. The molecule has 0 rings (SSSR count). The van der Waals surface area contributed by atoms with Crippen molar-refractivity contribution >= 4 is 69.2 Å². The molecule has 0 bridgehead atoms. The third-order valence-electron chi connectivity index (χ3n) is 0. The molecule has 0 N–H and O–H groups in total. The minimum atomic E-state index is 0. The Balaban J connectivity index is -0.000000000833. The maximum Gasteiger partial charge on any atom is 0 e. The summed E-state index contributed by atoms with van der Waals surface area (Å²) in [6.45, 7) is 0. The van der Waals surface area contributed by atoms with Crippen molar-refractivity contribution in [3.8, 4) is 0 Å². The van der Waals surface area contributed by atoms with Crippen molar-refractivity contribution in [3.63, 3.8) is 0 Å². The van der Waals surface area contributed by atoms with Gasteiger partial charge in [0.05, 0.1) is 0 Å². The van der Waals surface area contributed by atoms with Crippen molar-refractivity contribution < 1.29 is 49.5 Å². The van der Waals surface area contributed by atoms with Crippen molar-refractivity contribution in [2.24, 2.45) is 0 Å². The Labute approximate surface area is 116 Å². The Morgan fingerprint density at radius 1 is 1.17 bits per heavy atom. The van der Waals surface area contributed by atoms with Crippen LogP contribution < -0.4 is 0 Å². The van der Waals surface area contributed by atoms with Crippen LogP contribution in [-0.2, 0) is 49.5 Å². The van der Waals surface area contributed by atoms with Gasteiger partial charge in [0.2, 0.25) is 0 Å². The molecule has 0 spiro atoms. The van der Waals surface area contributed by atoms with Gasteiger partial charge in [-0.05, 0) is 0 Å². The summed E-state index contributed by atoms with van der Waals surface area (Å²) in [5.74, 6) is 0. The average Bonchev–Trinajstić information content (AvgIpc) is 1.00. The van der Waals surface area contributed by atoms with Crippen LogP contribution in [0.3, 0.4) is 0 Å². The van der Waals surface area contributed by atoms with Crippen molar-refractivity contribution in [1.29, 1.82) is 0 Å². The summed E-state index contributed by atoms with van der Waals surface area (Å²) in [7, 11) is 0. The second-order valence-corrected chi connectivity index (χ2v) is 0. The fraction of sp³-hybridized carbons (Fsp3) is 0. The van der Waals surface area contributed by atoms with Gasteiger partial charge in [-0.15, -0.1) is 0 Å². The third-order valence-corrected chi connectivity index (χ3v) is 0. The summed E-state index contributed by atoms with van der Waals surface area (Å²) in [5.41, 5.74) is 0. The Kier molecular flexibility index (Phi) is 210. The van der Waals surface area contributed by atoms with Gasteiger partial charge in [-0.1, -0.05) is 0 Å². The Morgan fingerprint density at radius 3 is 1.17 bits per heavy atom. The minimum absolute atomic E-state index is 0. The van der Waals surface area contributed by atoms with E-state index in [0.29, 0.717) is 0 Å². The smallest absolute Gasteiger partial charge is 0 e. The molecule has 6 heteroatoms.